The van der Waals surface area contributed by atoms with Crippen molar-refractivity contribution in [1.82, 2.24) is 0 Å². The molecule has 2 aromatic carbocycles. The molecular weight excluding hydrogens is 414 g/mol. The molecule has 0 radical (unpaired) electrons. The molecule has 0 aromatic heterocycles. The number of aliphatic hydroxyl groups is 1. The molecule has 5 heteroatoms. The summed E-state index contributed by atoms with van der Waals surface area (Å²) in [5.74, 6) is 0.823. The van der Waals surface area contributed by atoms with Gasteiger partial charge in [0.2, 0.25) is 0 Å². The van der Waals surface area contributed by atoms with E-state index in [1.54, 1.807) is 0 Å². The number of benzene rings is 2. The van der Waals surface area contributed by atoms with Crippen molar-refractivity contribution in [1.29, 1.82) is 0 Å². The number of carbonyl (C=O) groups excluding carboxylic acids is 1. The third-order valence-electron chi connectivity index (χ3n) is 5.66. The molecule has 1 aliphatic heterocycles. The summed E-state index contributed by atoms with van der Waals surface area (Å²) in [5.41, 5.74) is 4.21. The lowest BCUT2D eigenvalue weighted by molar-refractivity contribution is -0.105. The second kappa shape index (κ2) is 12.0. The Balaban J connectivity index is 1.76. The van der Waals surface area contributed by atoms with Gasteiger partial charge in [0.15, 0.2) is 0 Å². The smallest absolute Gasteiger partial charge is 0.146 e. The quantitative estimate of drug-likeness (QED) is 0.361. The zero-order valence-electron chi connectivity index (χ0n) is 20.2. The number of anilines is 1. The molecule has 0 unspecified atom stereocenters. The fraction of sp³-hybridized carbons (Fsp3) is 0.464. The fourth-order valence-electron chi connectivity index (χ4n) is 4.04. The van der Waals surface area contributed by atoms with Gasteiger partial charge >= 0.3 is 0 Å². The first kappa shape index (κ1) is 25.0. The Kier molecular flexibility index (Phi) is 9.10. The van der Waals surface area contributed by atoms with E-state index in [9.17, 15) is 9.90 Å². The molecule has 5 nitrogen and oxygen atoms in total. The van der Waals surface area contributed by atoms with Gasteiger partial charge in [-0.25, -0.2) is 0 Å². The highest BCUT2D eigenvalue weighted by Gasteiger charge is 2.22. The first-order valence-corrected chi connectivity index (χ1v) is 12.0. The number of ether oxygens (including phenoxy) is 2. The number of β-amino-alcohol motifs (C(OH)–C–C–N with tert-alkyl or cyclic N) is 1. The second-order valence-electron chi connectivity index (χ2n) is 9.29. The van der Waals surface area contributed by atoms with Gasteiger partial charge in [-0.3, -0.25) is 4.79 Å². The highest BCUT2D eigenvalue weighted by atomic mass is 16.5. The minimum absolute atomic E-state index is 0.539. The maximum Gasteiger partial charge on any atom is 0.146 e. The molecule has 2 aromatic rings. The predicted molar refractivity (Wildman–Crippen MR) is 135 cm³/mol. The van der Waals surface area contributed by atoms with Crippen LogP contribution in [0, 0.1) is 0 Å². The summed E-state index contributed by atoms with van der Waals surface area (Å²) in [5, 5.41) is 10.4. The first-order chi connectivity index (χ1) is 15.9. The fourth-order valence-corrected chi connectivity index (χ4v) is 4.04. The van der Waals surface area contributed by atoms with Crippen molar-refractivity contribution in [2.45, 2.75) is 52.1 Å². The highest BCUT2D eigenvalue weighted by Crippen LogP contribution is 2.33. The van der Waals surface area contributed by atoms with Gasteiger partial charge in [-0.2, -0.15) is 0 Å². The molecular formula is C28H37NO4. The third-order valence-corrected chi connectivity index (χ3v) is 5.66. The van der Waals surface area contributed by atoms with Crippen LogP contribution in [0.3, 0.4) is 0 Å². The normalized spacial score (nSPS) is 15.8. The predicted octanol–water partition coefficient (Wildman–Crippen LogP) is 5.50. The number of hydrogen-bond donors (Lipinski definition) is 1. The minimum Gasteiger partial charge on any atom is -0.491 e. The molecule has 33 heavy (non-hydrogen) atoms. The topological polar surface area (TPSA) is 59.0 Å². The van der Waals surface area contributed by atoms with Gasteiger partial charge in [0.05, 0.1) is 12.2 Å². The van der Waals surface area contributed by atoms with Gasteiger partial charge in [-0.1, -0.05) is 31.5 Å². The molecule has 0 fully saturated rings. The van der Waals surface area contributed by atoms with E-state index < -0.39 is 5.60 Å². The van der Waals surface area contributed by atoms with Gasteiger partial charge in [-0.15, -0.1) is 0 Å². The summed E-state index contributed by atoms with van der Waals surface area (Å²) in [4.78, 5) is 13.8. The highest BCUT2D eigenvalue weighted by molar-refractivity contribution is 5.86. The van der Waals surface area contributed by atoms with E-state index in [1.807, 2.05) is 32.1 Å². The molecule has 1 N–H and O–H groups in total. The van der Waals surface area contributed by atoms with Crippen molar-refractivity contribution in [2.24, 2.45) is 0 Å². The van der Waals surface area contributed by atoms with Crippen molar-refractivity contribution in [3.8, 4) is 16.9 Å². The number of hydrogen-bond acceptors (Lipinski definition) is 5. The number of aldehydes is 1. The van der Waals surface area contributed by atoms with Gasteiger partial charge in [0.1, 0.15) is 18.6 Å². The van der Waals surface area contributed by atoms with Gasteiger partial charge in [-0.05, 0) is 85.7 Å². The van der Waals surface area contributed by atoms with Crippen molar-refractivity contribution >= 4 is 18.0 Å². The number of rotatable bonds is 11. The van der Waals surface area contributed by atoms with Crippen LogP contribution in [0.4, 0.5) is 5.69 Å². The monoisotopic (exact) mass is 451 g/mol. The summed E-state index contributed by atoms with van der Waals surface area (Å²) >= 11 is 0. The molecule has 1 aliphatic rings. The maximum absolute atomic E-state index is 11.6. The van der Waals surface area contributed by atoms with Gasteiger partial charge in [0.25, 0.3) is 0 Å². The summed E-state index contributed by atoms with van der Waals surface area (Å²) in [7, 11) is 0. The Morgan fingerprint density at radius 1 is 1.06 bits per heavy atom. The maximum atomic E-state index is 11.6. The number of fused-ring (bicyclic) bond motifs is 1. The van der Waals surface area contributed by atoms with Crippen LogP contribution in [0.2, 0.25) is 0 Å². The average Bonchev–Trinajstić information content (AvgIpc) is 2.78. The van der Waals surface area contributed by atoms with Crippen LogP contribution in [-0.4, -0.2) is 49.9 Å². The van der Waals surface area contributed by atoms with Crippen LogP contribution in [0.15, 0.2) is 48.0 Å². The molecule has 0 aliphatic carbocycles. The van der Waals surface area contributed by atoms with Crippen LogP contribution in [0.1, 0.15) is 52.0 Å². The number of carbonyl (C=O) groups is 1. The Labute approximate surface area is 198 Å². The molecule has 178 valence electrons. The lowest BCUT2D eigenvalue weighted by Crippen LogP contribution is -2.40. The van der Waals surface area contributed by atoms with E-state index in [0.29, 0.717) is 19.8 Å². The number of allylic oxidation sites excluding steroid dienone is 1. The Bertz CT molecular complexity index is 928. The summed E-state index contributed by atoms with van der Waals surface area (Å²) < 4.78 is 11.3. The zero-order chi connectivity index (χ0) is 23.7. The molecule has 0 amide bonds. The van der Waals surface area contributed by atoms with E-state index in [0.717, 1.165) is 78.8 Å². The Morgan fingerprint density at radius 3 is 2.52 bits per heavy atom. The van der Waals surface area contributed by atoms with Crippen molar-refractivity contribution < 1.29 is 19.4 Å². The Morgan fingerprint density at radius 2 is 1.82 bits per heavy atom. The van der Waals surface area contributed by atoms with Gasteiger partial charge < -0.3 is 19.5 Å². The summed E-state index contributed by atoms with van der Waals surface area (Å²) in [6.45, 7) is 9.06. The van der Waals surface area contributed by atoms with Crippen molar-refractivity contribution in [2.75, 3.05) is 37.8 Å². The summed E-state index contributed by atoms with van der Waals surface area (Å²) in [6, 6.07) is 14.4. The average molecular weight is 452 g/mol. The van der Waals surface area contributed by atoms with Gasteiger partial charge in [0, 0.05) is 25.4 Å². The molecule has 0 saturated heterocycles. The Hall–Kier alpha value is -2.63. The minimum atomic E-state index is -0.802. The molecule has 3 rings (SSSR count). The second-order valence-corrected chi connectivity index (χ2v) is 9.29. The van der Waals surface area contributed by atoms with Crippen LogP contribution >= 0.6 is 0 Å². The van der Waals surface area contributed by atoms with E-state index in [4.69, 9.17) is 9.47 Å². The molecule has 0 spiro atoms. The number of unbranched alkanes of at least 4 members (excludes halogenated alkanes) is 1. The van der Waals surface area contributed by atoms with Crippen molar-refractivity contribution in [3.05, 3.63) is 53.6 Å². The van der Waals surface area contributed by atoms with E-state index in [1.165, 1.54) is 0 Å². The van der Waals surface area contributed by atoms with Crippen LogP contribution in [0.25, 0.3) is 17.2 Å². The van der Waals surface area contributed by atoms with E-state index in [2.05, 4.69) is 42.2 Å². The third kappa shape index (κ3) is 7.72. The van der Waals surface area contributed by atoms with Crippen molar-refractivity contribution in [3.63, 3.8) is 0 Å². The molecule has 0 atom stereocenters. The van der Waals surface area contributed by atoms with E-state index >= 15 is 0 Å². The van der Waals surface area contributed by atoms with Crippen LogP contribution in [-0.2, 0) is 9.53 Å². The van der Waals surface area contributed by atoms with Crippen LogP contribution < -0.4 is 9.64 Å². The SMILES string of the molecule is CCCCOCCOc1ccc(-c2ccc3c(c2)/C=C(/C=O)CCCN3CC(C)(C)O)cc1. The lowest BCUT2D eigenvalue weighted by Gasteiger charge is -2.33. The number of nitrogens with zero attached hydrogens (tertiary/aromatic N) is 1. The largest absolute Gasteiger partial charge is 0.491 e. The van der Waals surface area contributed by atoms with Crippen LogP contribution in [0.5, 0.6) is 5.75 Å². The standard InChI is InChI=1S/C28H37NO4/c1-4-5-15-32-16-17-33-26-11-8-23(9-12-26)24-10-13-27-25(19-24)18-22(20-30)7-6-14-29(27)21-28(2,3)31/h8-13,18-20,31H,4-7,14-17,21H2,1-3H3/b22-18+. The lowest BCUT2D eigenvalue weighted by atomic mass is 9.96. The summed E-state index contributed by atoms with van der Waals surface area (Å²) in [6.07, 6.45) is 6.78. The van der Waals surface area contributed by atoms with E-state index in [-0.39, 0.29) is 0 Å². The zero-order valence-corrected chi connectivity index (χ0v) is 20.2. The molecule has 0 saturated carbocycles. The first-order valence-electron chi connectivity index (χ1n) is 12.0. The molecule has 0 bridgehead atoms. The molecule has 1 heterocycles.